The highest BCUT2D eigenvalue weighted by molar-refractivity contribution is 5.82. The maximum atomic E-state index is 11.9. The summed E-state index contributed by atoms with van der Waals surface area (Å²) in [5, 5.41) is 26.5. The molecule has 2 aromatic carbocycles. The highest BCUT2D eigenvalue weighted by atomic mass is 16.6. The van der Waals surface area contributed by atoms with Gasteiger partial charge in [-0.05, 0) is 23.4 Å². The number of tetrazole rings is 1. The van der Waals surface area contributed by atoms with Gasteiger partial charge in [0.25, 0.3) is 11.6 Å². The molecule has 0 aliphatic rings. The minimum absolute atomic E-state index is 0.0114. The summed E-state index contributed by atoms with van der Waals surface area (Å²) >= 11 is 0. The molecule has 0 spiro atoms. The molecule has 0 saturated heterocycles. The molecular weight excluding hydrogens is 362 g/mol. The van der Waals surface area contributed by atoms with Gasteiger partial charge in [0.1, 0.15) is 6.54 Å². The van der Waals surface area contributed by atoms with Gasteiger partial charge in [0.15, 0.2) is 0 Å². The fourth-order valence-corrected chi connectivity index (χ4v) is 2.27. The standard InChI is InChI=1S/C18H15N7O3/c26-17(13-24-22-18(21-23-24)15-8-2-1-3-9-15)20-19-12-6-10-14-7-4-5-11-16(14)25(27)28/h1-12H,13H2,(H,20,26)/b10-6+,19-12-. The van der Waals surface area contributed by atoms with Crippen LogP contribution in [-0.4, -0.2) is 37.3 Å². The van der Waals surface area contributed by atoms with Gasteiger partial charge in [0.2, 0.25) is 5.82 Å². The van der Waals surface area contributed by atoms with E-state index in [0.717, 1.165) is 10.4 Å². The normalized spacial score (nSPS) is 11.1. The van der Waals surface area contributed by atoms with Gasteiger partial charge < -0.3 is 0 Å². The van der Waals surface area contributed by atoms with Crippen molar-refractivity contribution in [2.24, 2.45) is 5.10 Å². The van der Waals surface area contributed by atoms with Gasteiger partial charge in [-0.3, -0.25) is 14.9 Å². The number of para-hydroxylation sites is 1. The van der Waals surface area contributed by atoms with E-state index in [9.17, 15) is 14.9 Å². The number of nitrogens with zero attached hydrogens (tertiary/aromatic N) is 6. The van der Waals surface area contributed by atoms with Crippen molar-refractivity contribution < 1.29 is 9.72 Å². The number of amides is 1. The van der Waals surface area contributed by atoms with E-state index < -0.39 is 10.8 Å². The lowest BCUT2D eigenvalue weighted by Crippen LogP contribution is -2.24. The van der Waals surface area contributed by atoms with Gasteiger partial charge in [-0.2, -0.15) is 9.90 Å². The summed E-state index contributed by atoms with van der Waals surface area (Å²) in [4.78, 5) is 23.5. The molecule has 3 rings (SSSR count). The summed E-state index contributed by atoms with van der Waals surface area (Å²) in [6.45, 7) is -0.148. The largest absolute Gasteiger partial charge is 0.276 e. The Hall–Kier alpha value is -4.21. The molecule has 10 heteroatoms. The first-order chi connectivity index (χ1) is 13.6. The molecule has 1 N–H and O–H groups in total. The number of aromatic nitrogens is 4. The summed E-state index contributed by atoms with van der Waals surface area (Å²) in [5.41, 5.74) is 3.54. The third-order valence-corrected chi connectivity index (χ3v) is 3.53. The van der Waals surface area contributed by atoms with Crippen molar-refractivity contribution in [1.82, 2.24) is 25.6 Å². The van der Waals surface area contributed by atoms with E-state index in [1.165, 1.54) is 24.4 Å². The van der Waals surface area contributed by atoms with E-state index in [-0.39, 0.29) is 12.2 Å². The monoisotopic (exact) mass is 377 g/mol. The predicted octanol–water partition coefficient (Wildman–Crippen LogP) is 2.06. The summed E-state index contributed by atoms with van der Waals surface area (Å²) < 4.78 is 0. The van der Waals surface area contributed by atoms with Crippen LogP contribution in [0.15, 0.2) is 65.8 Å². The summed E-state index contributed by atoms with van der Waals surface area (Å²) in [5.74, 6) is -0.0170. The van der Waals surface area contributed by atoms with E-state index in [2.05, 4.69) is 25.9 Å². The van der Waals surface area contributed by atoms with Gasteiger partial charge in [-0.25, -0.2) is 5.43 Å². The lowest BCUT2D eigenvalue weighted by atomic mass is 10.2. The lowest BCUT2D eigenvalue weighted by Gasteiger charge is -1.97. The Bertz CT molecular complexity index is 1030. The fraction of sp³-hybridized carbons (Fsp3) is 0.0556. The quantitative estimate of drug-likeness (QED) is 0.381. The third kappa shape index (κ3) is 4.91. The first-order valence-corrected chi connectivity index (χ1v) is 8.19. The van der Waals surface area contributed by atoms with Gasteiger partial charge >= 0.3 is 0 Å². The number of hydrogen-bond acceptors (Lipinski definition) is 7. The average Bonchev–Trinajstić information content (AvgIpc) is 3.17. The van der Waals surface area contributed by atoms with Gasteiger partial charge in [-0.15, -0.1) is 10.2 Å². The Morgan fingerprint density at radius 1 is 1.18 bits per heavy atom. The number of carbonyl (C=O) groups excluding carboxylic acids is 1. The van der Waals surface area contributed by atoms with E-state index in [0.29, 0.717) is 11.4 Å². The first-order valence-electron chi connectivity index (χ1n) is 8.19. The highest BCUT2D eigenvalue weighted by Crippen LogP contribution is 2.18. The molecule has 0 radical (unpaired) electrons. The molecule has 0 aliphatic heterocycles. The smallest absolute Gasteiger partial charge is 0.271 e. The van der Waals surface area contributed by atoms with Crippen LogP contribution >= 0.6 is 0 Å². The molecule has 0 bridgehead atoms. The summed E-state index contributed by atoms with van der Waals surface area (Å²) in [6.07, 6.45) is 4.33. The maximum absolute atomic E-state index is 11.9. The van der Waals surface area contributed by atoms with Crippen molar-refractivity contribution in [3.63, 3.8) is 0 Å². The van der Waals surface area contributed by atoms with Crippen molar-refractivity contribution in [2.75, 3.05) is 0 Å². The lowest BCUT2D eigenvalue weighted by molar-refractivity contribution is -0.385. The SMILES string of the molecule is O=C(Cn1nnc(-c2ccccc2)n1)N/N=C\C=C\c1ccccc1[N+](=O)[O-]. The number of nitrogens with one attached hydrogen (secondary N) is 1. The van der Waals surface area contributed by atoms with Crippen LogP contribution in [0, 0.1) is 10.1 Å². The molecule has 0 saturated carbocycles. The second-order valence-corrected chi connectivity index (χ2v) is 5.50. The number of allylic oxidation sites excluding steroid dienone is 1. The Balaban J connectivity index is 1.52. The van der Waals surface area contributed by atoms with Gasteiger partial charge in [0, 0.05) is 17.8 Å². The predicted molar refractivity (Wildman–Crippen MR) is 102 cm³/mol. The van der Waals surface area contributed by atoms with Crippen LogP contribution in [0.25, 0.3) is 17.5 Å². The van der Waals surface area contributed by atoms with E-state index in [1.54, 1.807) is 18.2 Å². The van der Waals surface area contributed by atoms with Crippen molar-refractivity contribution in [2.45, 2.75) is 6.54 Å². The molecule has 0 unspecified atom stereocenters. The molecule has 0 aliphatic carbocycles. The molecule has 140 valence electrons. The van der Waals surface area contributed by atoms with Gasteiger partial charge in [-0.1, -0.05) is 42.5 Å². The van der Waals surface area contributed by atoms with Crippen molar-refractivity contribution in [1.29, 1.82) is 0 Å². The van der Waals surface area contributed by atoms with E-state index in [1.807, 2.05) is 30.3 Å². The molecule has 28 heavy (non-hydrogen) atoms. The van der Waals surface area contributed by atoms with Crippen molar-refractivity contribution >= 4 is 23.9 Å². The number of carbonyl (C=O) groups is 1. The molecular formula is C18H15N7O3. The Kier molecular flexibility index (Phi) is 5.93. The van der Waals surface area contributed by atoms with Crippen LogP contribution in [-0.2, 0) is 11.3 Å². The van der Waals surface area contributed by atoms with Crippen LogP contribution in [0.2, 0.25) is 0 Å². The molecule has 1 heterocycles. The second-order valence-electron chi connectivity index (χ2n) is 5.50. The number of rotatable bonds is 7. The number of hydrogen-bond donors (Lipinski definition) is 1. The van der Waals surface area contributed by atoms with E-state index in [4.69, 9.17) is 0 Å². The Labute approximate surface area is 159 Å². The second kappa shape index (κ2) is 8.94. The molecule has 0 fully saturated rings. The molecule has 0 atom stereocenters. The van der Waals surface area contributed by atoms with Crippen molar-refractivity contribution in [3.05, 3.63) is 76.4 Å². The fourth-order valence-electron chi connectivity index (χ4n) is 2.27. The molecule has 1 aromatic heterocycles. The number of hydrazone groups is 1. The first kappa shape index (κ1) is 18.6. The third-order valence-electron chi connectivity index (χ3n) is 3.53. The number of benzene rings is 2. The van der Waals surface area contributed by atoms with Crippen molar-refractivity contribution in [3.8, 4) is 11.4 Å². The number of nitro benzene ring substituents is 1. The topological polar surface area (TPSA) is 128 Å². The van der Waals surface area contributed by atoms with Gasteiger partial charge in [0.05, 0.1) is 10.5 Å². The molecule has 10 nitrogen and oxygen atoms in total. The molecule has 3 aromatic rings. The van der Waals surface area contributed by atoms with Crippen LogP contribution in [0.5, 0.6) is 0 Å². The van der Waals surface area contributed by atoms with Crippen LogP contribution in [0.4, 0.5) is 5.69 Å². The maximum Gasteiger partial charge on any atom is 0.276 e. The average molecular weight is 377 g/mol. The van der Waals surface area contributed by atoms with Crippen LogP contribution < -0.4 is 5.43 Å². The summed E-state index contributed by atoms with van der Waals surface area (Å²) in [7, 11) is 0. The van der Waals surface area contributed by atoms with Crippen LogP contribution in [0.3, 0.4) is 0 Å². The zero-order chi connectivity index (χ0) is 19.8. The minimum atomic E-state index is -0.465. The van der Waals surface area contributed by atoms with Crippen LogP contribution in [0.1, 0.15) is 5.56 Å². The number of nitro groups is 1. The zero-order valence-corrected chi connectivity index (χ0v) is 14.5. The Morgan fingerprint density at radius 3 is 2.71 bits per heavy atom. The zero-order valence-electron chi connectivity index (χ0n) is 14.5. The Morgan fingerprint density at radius 2 is 1.93 bits per heavy atom. The minimum Gasteiger partial charge on any atom is -0.271 e. The highest BCUT2D eigenvalue weighted by Gasteiger charge is 2.09. The summed E-state index contributed by atoms with van der Waals surface area (Å²) in [6, 6.07) is 15.6. The molecule has 1 amide bonds. The van der Waals surface area contributed by atoms with E-state index >= 15 is 0 Å².